The number of benzene rings is 2. The van der Waals surface area contributed by atoms with Gasteiger partial charge in [0, 0.05) is 30.5 Å². The van der Waals surface area contributed by atoms with Crippen LogP contribution in [0.25, 0.3) is 0 Å². The Morgan fingerprint density at radius 3 is 2.66 bits per heavy atom. The van der Waals surface area contributed by atoms with Crippen molar-refractivity contribution in [2.24, 2.45) is 11.8 Å². The number of halogens is 2. The molecule has 5 nitrogen and oxygen atoms in total. The molecule has 1 aliphatic carbocycles. The summed E-state index contributed by atoms with van der Waals surface area (Å²) in [6.45, 7) is 6.56. The minimum atomic E-state index is -0.536. The zero-order chi connectivity index (χ0) is 25.3. The Morgan fingerprint density at radius 1 is 1.20 bits per heavy atom. The Kier molecular flexibility index (Phi) is 8.02. The second kappa shape index (κ2) is 10.7. The molecule has 2 aromatic carbocycles. The zero-order valence-corrected chi connectivity index (χ0v) is 22.3. The van der Waals surface area contributed by atoms with Gasteiger partial charge >= 0.3 is 0 Å². The van der Waals surface area contributed by atoms with Gasteiger partial charge in [-0.15, -0.1) is 0 Å². The van der Waals surface area contributed by atoms with Gasteiger partial charge in [-0.05, 0) is 74.2 Å². The summed E-state index contributed by atoms with van der Waals surface area (Å²) < 4.78 is 0. The van der Waals surface area contributed by atoms with E-state index in [0.29, 0.717) is 23.0 Å². The van der Waals surface area contributed by atoms with Gasteiger partial charge in [0.2, 0.25) is 5.91 Å². The van der Waals surface area contributed by atoms with Crippen molar-refractivity contribution in [3.05, 3.63) is 63.6 Å². The van der Waals surface area contributed by atoms with Crippen molar-refractivity contribution in [3.63, 3.8) is 0 Å². The molecule has 4 atom stereocenters. The first-order valence-corrected chi connectivity index (χ1v) is 13.2. The van der Waals surface area contributed by atoms with Gasteiger partial charge in [-0.1, -0.05) is 55.2 Å². The van der Waals surface area contributed by atoms with Crippen LogP contribution < -0.4 is 0 Å². The second-order valence-electron chi connectivity index (χ2n) is 10.9. The molecule has 1 saturated heterocycles. The van der Waals surface area contributed by atoms with Gasteiger partial charge in [-0.3, -0.25) is 4.79 Å². The highest BCUT2D eigenvalue weighted by molar-refractivity contribution is 6.42. The fraction of sp³-hybridized carbons (Fsp3) is 0.536. The molecule has 2 N–H and O–H groups in total. The van der Waals surface area contributed by atoms with Crippen LogP contribution in [-0.4, -0.2) is 64.7 Å². The molecule has 1 unspecified atom stereocenters. The Balaban J connectivity index is 1.67. The summed E-state index contributed by atoms with van der Waals surface area (Å²) in [5, 5.41) is 22.6. The van der Waals surface area contributed by atoms with Crippen LogP contribution in [0.15, 0.2) is 42.5 Å². The quantitative estimate of drug-likeness (QED) is 0.555. The van der Waals surface area contributed by atoms with Crippen molar-refractivity contribution in [1.29, 1.82) is 0 Å². The highest BCUT2D eigenvalue weighted by atomic mass is 35.5. The zero-order valence-electron chi connectivity index (χ0n) is 20.8. The maximum absolute atomic E-state index is 13.7. The molecule has 2 fully saturated rings. The third kappa shape index (κ3) is 5.64. The first-order chi connectivity index (χ1) is 16.6. The van der Waals surface area contributed by atoms with Crippen molar-refractivity contribution in [2.75, 3.05) is 26.7 Å². The summed E-state index contributed by atoms with van der Waals surface area (Å²) in [5.41, 5.74) is 1.59. The molecule has 1 heterocycles. The van der Waals surface area contributed by atoms with Gasteiger partial charge in [0.05, 0.1) is 22.6 Å². The van der Waals surface area contributed by atoms with Gasteiger partial charge in [0.1, 0.15) is 5.75 Å². The Bertz CT molecular complexity index is 1060. The summed E-state index contributed by atoms with van der Waals surface area (Å²) in [4.78, 5) is 17.9. The number of amides is 1. The van der Waals surface area contributed by atoms with Crippen molar-refractivity contribution in [2.45, 2.75) is 57.1 Å². The maximum Gasteiger partial charge on any atom is 0.227 e. The average molecular weight is 520 g/mol. The van der Waals surface area contributed by atoms with Crippen LogP contribution >= 0.6 is 23.2 Å². The SMILES string of the molecule is CC(C)CN(C(=O)Cc1ccc(Cl)c(Cl)c1)[C@H]1CC(O)[C@@H]2CN(C)CC[C@@]2(c2cccc(O)c2)C1. The van der Waals surface area contributed by atoms with Crippen LogP contribution in [0.1, 0.15) is 44.2 Å². The molecule has 0 spiro atoms. The monoisotopic (exact) mass is 518 g/mol. The van der Waals surface area contributed by atoms with E-state index < -0.39 is 6.10 Å². The summed E-state index contributed by atoms with van der Waals surface area (Å²) in [6, 6.07) is 12.7. The number of carbonyl (C=O) groups excluding carboxylic acids is 1. The van der Waals surface area contributed by atoms with E-state index in [1.54, 1.807) is 18.2 Å². The first-order valence-electron chi connectivity index (χ1n) is 12.5. The number of aliphatic hydroxyl groups is 1. The molecular formula is C28H36Cl2N2O3. The van der Waals surface area contributed by atoms with Crippen LogP contribution in [0.5, 0.6) is 5.75 Å². The van der Waals surface area contributed by atoms with Gasteiger partial charge in [-0.2, -0.15) is 0 Å². The Morgan fingerprint density at radius 2 is 1.97 bits per heavy atom. The van der Waals surface area contributed by atoms with E-state index in [-0.39, 0.29) is 41.4 Å². The normalized spacial score (nSPS) is 27.0. The summed E-state index contributed by atoms with van der Waals surface area (Å²) >= 11 is 12.3. The molecule has 2 aliphatic rings. The van der Waals surface area contributed by atoms with E-state index in [1.807, 2.05) is 23.1 Å². The van der Waals surface area contributed by atoms with Gasteiger partial charge in [-0.25, -0.2) is 0 Å². The number of hydrogen-bond acceptors (Lipinski definition) is 4. The highest BCUT2D eigenvalue weighted by Crippen LogP contribution is 2.50. The number of phenols is 1. The van der Waals surface area contributed by atoms with E-state index in [9.17, 15) is 15.0 Å². The standard InChI is InChI=1S/C28H36Cl2N2O3/c1-18(2)16-32(27(35)12-19-7-8-24(29)25(30)11-19)21-14-26(34)23-17-31(3)10-9-28(23,15-21)20-5-4-6-22(33)13-20/h4-8,11,13,18,21,23,26,33-34H,9-10,12,14-17H2,1-3H3/t21-,23-,26?,28-/m0/s1. The predicted octanol–water partition coefficient (Wildman–Crippen LogP) is 5.14. The lowest BCUT2D eigenvalue weighted by Gasteiger charge is -2.56. The fourth-order valence-corrected chi connectivity index (χ4v) is 6.49. The minimum absolute atomic E-state index is 0.0340. The highest BCUT2D eigenvalue weighted by Gasteiger charge is 2.53. The number of likely N-dealkylation sites (tertiary alicyclic amines) is 1. The third-order valence-corrected chi connectivity index (χ3v) is 8.56. The first kappa shape index (κ1) is 26.3. The molecule has 0 aromatic heterocycles. The van der Waals surface area contributed by atoms with Crippen molar-refractivity contribution in [3.8, 4) is 5.75 Å². The molecule has 0 bridgehead atoms. The molecule has 35 heavy (non-hydrogen) atoms. The average Bonchev–Trinajstić information content (AvgIpc) is 2.80. The second-order valence-corrected chi connectivity index (χ2v) is 11.7. The number of fused-ring (bicyclic) bond motifs is 1. The van der Waals surface area contributed by atoms with Gasteiger partial charge in [0.25, 0.3) is 0 Å². The van der Waals surface area contributed by atoms with Crippen LogP contribution in [0.2, 0.25) is 10.0 Å². The fourth-order valence-electron chi connectivity index (χ4n) is 6.17. The Hall–Kier alpha value is -1.79. The lowest BCUT2D eigenvalue weighted by Crippen LogP contribution is -2.61. The lowest BCUT2D eigenvalue weighted by atomic mass is 9.56. The van der Waals surface area contributed by atoms with Crippen LogP contribution in [0, 0.1) is 11.8 Å². The minimum Gasteiger partial charge on any atom is -0.508 e. The number of carbonyl (C=O) groups is 1. The van der Waals surface area contributed by atoms with Crippen molar-refractivity contribution in [1.82, 2.24) is 9.80 Å². The smallest absolute Gasteiger partial charge is 0.227 e. The topological polar surface area (TPSA) is 64.0 Å². The van der Waals surface area contributed by atoms with Gasteiger partial charge in [0.15, 0.2) is 0 Å². The number of rotatable bonds is 6. The molecule has 1 amide bonds. The van der Waals surface area contributed by atoms with E-state index in [0.717, 1.165) is 37.1 Å². The molecule has 4 rings (SSSR count). The van der Waals surface area contributed by atoms with E-state index in [1.165, 1.54) is 0 Å². The number of nitrogens with zero attached hydrogens (tertiary/aromatic N) is 2. The van der Waals surface area contributed by atoms with Crippen molar-refractivity contribution < 1.29 is 15.0 Å². The van der Waals surface area contributed by atoms with Crippen LogP contribution in [0.4, 0.5) is 0 Å². The molecule has 2 aromatic rings. The third-order valence-electron chi connectivity index (χ3n) is 7.82. The van der Waals surface area contributed by atoms with Crippen LogP contribution in [-0.2, 0) is 16.6 Å². The number of piperidine rings is 1. The van der Waals surface area contributed by atoms with Crippen LogP contribution in [0.3, 0.4) is 0 Å². The largest absolute Gasteiger partial charge is 0.508 e. The van der Waals surface area contributed by atoms with Crippen molar-refractivity contribution >= 4 is 29.1 Å². The lowest BCUT2D eigenvalue weighted by molar-refractivity contribution is -0.138. The van der Waals surface area contributed by atoms with E-state index in [4.69, 9.17) is 23.2 Å². The number of hydrogen-bond donors (Lipinski definition) is 2. The maximum atomic E-state index is 13.7. The number of aromatic hydroxyl groups is 1. The molecule has 1 aliphatic heterocycles. The summed E-state index contributed by atoms with van der Waals surface area (Å²) in [5.74, 6) is 0.606. The molecular weight excluding hydrogens is 483 g/mol. The summed E-state index contributed by atoms with van der Waals surface area (Å²) in [6.07, 6.45) is 1.90. The molecule has 1 saturated carbocycles. The van der Waals surface area contributed by atoms with E-state index >= 15 is 0 Å². The Labute approximate surface area is 218 Å². The molecule has 190 valence electrons. The molecule has 7 heteroatoms. The van der Waals surface area contributed by atoms with E-state index in [2.05, 4.69) is 31.9 Å². The number of phenolic OH excluding ortho intramolecular Hbond substituents is 1. The predicted molar refractivity (Wildman–Crippen MR) is 141 cm³/mol. The number of aliphatic hydroxyl groups excluding tert-OH is 1. The molecule has 0 radical (unpaired) electrons. The summed E-state index contributed by atoms with van der Waals surface area (Å²) in [7, 11) is 2.09. The van der Waals surface area contributed by atoms with Gasteiger partial charge < -0.3 is 20.0 Å².